The van der Waals surface area contributed by atoms with Crippen LogP contribution in [0.1, 0.15) is 18.1 Å². The summed E-state index contributed by atoms with van der Waals surface area (Å²) in [4.78, 5) is 8.18. The van der Waals surface area contributed by atoms with E-state index in [-0.39, 0.29) is 17.4 Å². The summed E-state index contributed by atoms with van der Waals surface area (Å²) in [5.74, 6) is 1.87. The zero-order chi connectivity index (χ0) is 16.9. The Morgan fingerprint density at radius 1 is 0.833 bits per heavy atom. The lowest BCUT2D eigenvalue weighted by Gasteiger charge is -2.11. The first kappa shape index (κ1) is 15.8. The van der Waals surface area contributed by atoms with Crippen LogP contribution in [0.4, 0.5) is 5.69 Å². The molecule has 5 nitrogen and oxygen atoms in total. The van der Waals surface area contributed by atoms with Crippen LogP contribution in [-0.2, 0) is 6.42 Å². The lowest BCUT2D eigenvalue weighted by molar-refractivity contribution is 0.438. The van der Waals surface area contributed by atoms with Crippen LogP contribution in [0.15, 0.2) is 54.9 Å². The van der Waals surface area contributed by atoms with E-state index in [4.69, 9.17) is 15.2 Å². The monoisotopic (exact) mass is 321 g/mol. The van der Waals surface area contributed by atoms with E-state index in [1.807, 2.05) is 55.5 Å². The minimum Gasteiger partial charge on any atom is -0.437 e. The predicted molar refractivity (Wildman–Crippen MR) is 93.6 cm³/mol. The number of hydrogen-bond donors (Lipinski definition) is 1. The van der Waals surface area contributed by atoms with Crippen molar-refractivity contribution in [2.45, 2.75) is 20.3 Å². The molecule has 0 spiro atoms. The van der Waals surface area contributed by atoms with Crippen molar-refractivity contribution in [1.29, 1.82) is 0 Å². The van der Waals surface area contributed by atoms with E-state index in [1.165, 1.54) is 11.9 Å². The molecule has 0 radical (unpaired) electrons. The summed E-state index contributed by atoms with van der Waals surface area (Å²) < 4.78 is 11.5. The minimum absolute atomic E-state index is 0.262. The second-order valence-corrected chi connectivity index (χ2v) is 5.41. The van der Waals surface area contributed by atoms with Crippen molar-refractivity contribution in [1.82, 2.24) is 9.97 Å². The molecule has 0 aliphatic heterocycles. The lowest BCUT2D eigenvalue weighted by Crippen LogP contribution is -2.00. The van der Waals surface area contributed by atoms with E-state index in [0.29, 0.717) is 11.5 Å². The second-order valence-electron chi connectivity index (χ2n) is 5.41. The molecule has 0 saturated carbocycles. The first-order valence-corrected chi connectivity index (χ1v) is 7.77. The summed E-state index contributed by atoms with van der Waals surface area (Å²) >= 11 is 0. The van der Waals surface area contributed by atoms with Gasteiger partial charge in [-0.3, -0.25) is 0 Å². The first-order valence-electron chi connectivity index (χ1n) is 7.77. The molecule has 0 aliphatic rings. The molecular formula is C19H19N3O2. The number of benzene rings is 2. The summed E-state index contributed by atoms with van der Waals surface area (Å²) in [6.45, 7) is 4.12. The molecule has 24 heavy (non-hydrogen) atoms. The standard InChI is InChI=1S/C19H19N3O2/c1-3-14-6-10-16(11-7-14)24-19-17(20)18(21-12-22-19)23-15-8-4-13(2)5-9-15/h4-12H,3,20H2,1-2H3. The number of aryl methyl sites for hydroxylation is 2. The van der Waals surface area contributed by atoms with Crippen LogP contribution in [0, 0.1) is 6.92 Å². The maximum Gasteiger partial charge on any atom is 0.249 e. The quantitative estimate of drug-likeness (QED) is 0.748. The summed E-state index contributed by atoms with van der Waals surface area (Å²) in [5.41, 5.74) is 8.74. The zero-order valence-electron chi connectivity index (χ0n) is 13.7. The van der Waals surface area contributed by atoms with Crippen LogP contribution >= 0.6 is 0 Å². The molecule has 5 heteroatoms. The SMILES string of the molecule is CCc1ccc(Oc2ncnc(Oc3ccc(C)cc3)c2N)cc1. The highest BCUT2D eigenvalue weighted by Crippen LogP contribution is 2.33. The molecule has 0 saturated heterocycles. The van der Waals surface area contributed by atoms with Crippen LogP contribution in [0.5, 0.6) is 23.3 Å². The Hall–Kier alpha value is -3.08. The number of nitrogens with zero attached hydrogens (tertiary/aromatic N) is 2. The van der Waals surface area contributed by atoms with Gasteiger partial charge in [-0.15, -0.1) is 0 Å². The van der Waals surface area contributed by atoms with Crippen LogP contribution in [0.2, 0.25) is 0 Å². The van der Waals surface area contributed by atoms with Crippen LogP contribution in [0.3, 0.4) is 0 Å². The predicted octanol–water partition coefficient (Wildman–Crippen LogP) is 4.51. The molecule has 2 N–H and O–H groups in total. The van der Waals surface area contributed by atoms with E-state index in [2.05, 4.69) is 16.9 Å². The number of anilines is 1. The van der Waals surface area contributed by atoms with Crippen molar-refractivity contribution in [2.75, 3.05) is 5.73 Å². The Balaban J connectivity index is 1.80. The number of nitrogens with two attached hydrogens (primary N) is 1. The van der Waals surface area contributed by atoms with Gasteiger partial charge in [-0.25, -0.2) is 0 Å². The third-order valence-electron chi connectivity index (χ3n) is 3.59. The van der Waals surface area contributed by atoms with E-state index >= 15 is 0 Å². The first-order chi connectivity index (χ1) is 11.7. The third kappa shape index (κ3) is 3.63. The van der Waals surface area contributed by atoms with Crippen LogP contribution in [0.25, 0.3) is 0 Å². The Morgan fingerprint density at radius 2 is 1.33 bits per heavy atom. The van der Waals surface area contributed by atoms with Crippen molar-refractivity contribution in [2.24, 2.45) is 0 Å². The van der Waals surface area contributed by atoms with E-state index in [0.717, 1.165) is 12.0 Å². The van der Waals surface area contributed by atoms with Crippen molar-refractivity contribution in [3.05, 3.63) is 66.0 Å². The van der Waals surface area contributed by atoms with Gasteiger partial charge in [-0.05, 0) is 43.2 Å². The van der Waals surface area contributed by atoms with Crippen LogP contribution < -0.4 is 15.2 Å². The maximum atomic E-state index is 6.09. The maximum absolute atomic E-state index is 6.09. The Kier molecular flexibility index (Phi) is 4.61. The molecule has 3 aromatic rings. The average molecular weight is 321 g/mol. The molecule has 1 aromatic heterocycles. The molecule has 1 heterocycles. The number of ether oxygens (including phenoxy) is 2. The smallest absolute Gasteiger partial charge is 0.249 e. The summed E-state index contributed by atoms with van der Waals surface area (Å²) in [7, 11) is 0. The molecule has 0 bridgehead atoms. The fourth-order valence-corrected chi connectivity index (χ4v) is 2.15. The Morgan fingerprint density at radius 3 is 1.83 bits per heavy atom. The molecule has 2 aromatic carbocycles. The van der Waals surface area contributed by atoms with Crippen LogP contribution in [-0.4, -0.2) is 9.97 Å². The van der Waals surface area contributed by atoms with Gasteiger partial charge in [0, 0.05) is 0 Å². The third-order valence-corrected chi connectivity index (χ3v) is 3.59. The lowest BCUT2D eigenvalue weighted by atomic mass is 10.2. The van der Waals surface area contributed by atoms with Gasteiger partial charge in [0.25, 0.3) is 0 Å². The van der Waals surface area contributed by atoms with Crippen molar-refractivity contribution >= 4 is 5.69 Å². The van der Waals surface area contributed by atoms with E-state index in [1.54, 1.807) is 0 Å². The van der Waals surface area contributed by atoms with E-state index < -0.39 is 0 Å². The molecule has 122 valence electrons. The Labute approximate surface area is 141 Å². The van der Waals surface area contributed by atoms with Gasteiger partial charge in [0.2, 0.25) is 11.8 Å². The second kappa shape index (κ2) is 7.00. The van der Waals surface area contributed by atoms with Gasteiger partial charge < -0.3 is 15.2 Å². The molecular weight excluding hydrogens is 302 g/mol. The highest BCUT2D eigenvalue weighted by molar-refractivity contribution is 5.57. The molecule has 0 fully saturated rings. The Bertz CT molecular complexity index is 815. The summed E-state index contributed by atoms with van der Waals surface area (Å²) in [6, 6.07) is 15.4. The fourth-order valence-electron chi connectivity index (χ4n) is 2.15. The zero-order valence-corrected chi connectivity index (χ0v) is 13.7. The number of hydrogen-bond acceptors (Lipinski definition) is 5. The van der Waals surface area contributed by atoms with E-state index in [9.17, 15) is 0 Å². The van der Waals surface area contributed by atoms with Crippen molar-refractivity contribution < 1.29 is 9.47 Å². The molecule has 0 aliphatic carbocycles. The fraction of sp³-hybridized carbons (Fsp3) is 0.158. The largest absolute Gasteiger partial charge is 0.437 e. The number of aromatic nitrogens is 2. The van der Waals surface area contributed by atoms with Gasteiger partial charge in [0.1, 0.15) is 17.8 Å². The molecule has 3 rings (SSSR count). The molecule has 0 amide bonds. The topological polar surface area (TPSA) is 70.3 Å². The highest BCUT2D eigenvalue weighted by Gasteiger charge is 2.12. The van der Waals surface area contributed by atoms with Crippen molar-refractivity contribution in [3.8, 4) is 23.3 Å². The highest BCUT2D eigenvalue weighted by atomic mass is 16.5. The van der Waals surface area contributed by atoms with Gasteiger partial charge in [-0.1, -0.05) is 36.8 Å². The molecule has 0 unspecified atom stereocenters. The normalized spacial score (nSPS) is 10.4. The minimum atomic E-state index is 0.262. The van der Waals surface area contributed by atoms with Gasteiger partial charge in [0.05, 0.1) is 0 Å². The summed E-state index contributed by atoms with van der Waals surface area (Å²) in [6.07, 6.45) is 2.35. The number of nitrogen functional groups attached to an aromatic ring is 1. The summed E-state index contributed by atoms with van der Waals surface area (Å²) in [5, 5.41) is 0. The number of rotatable bonds is 5. The van der Waals surface area contributed by atoms with Gasteiger partial charge >= 0.3 is 0 Å². The average Bonchev–Trinajstić information content (AvgIpc) is 2.61. The van der Waals surface area contributed by atoms with Gasteiger partial charge in [0.15, 0.2) is 5.69 Å². The van der Waals surface area contributed by atoms with Crippen molar-refractivity contribution in [3.63, 3.8) is 0 Å². The molecule has 0 atom stereocenters. The van der Waals surface area contributed by atoms with Gasteiger partial charge in [-0.2, -0.15) is 9.97 Å².